The highest BCUT2D eigenvalue weighted by Crippen LogP contribution is 2.40. The van der Waals surface area contributed by atoms with Gasteiger partial charge >= 0.3 is 0 Å². The highest BCUT2D eigenvalue weighted by atomic mass is 32.1. The lowest BCUT2D eigenvalue weighted by Gasteiger charge is -2.31. The number of hydrogen-bond donors (Lipinski definition) is 1. The minimum atomic E-state index is -0.107. The average Bonchev–Trinajstić information content (AvgIpc) is 3.43. The Morgan fingerprint density at radius 2 is 2.03 bits per heavy atom. The summed E-state index contributed by atoms with van der Waals surface area (Å²) in [5.74, 6) is 1.33. The number of Topliss-reactive ketones (excluding diaryl/α,β-unsaturated/α-hetero) is 1. The molecule has 0 saturated heterocycles. The summed E-state index contributed by atoms with van der Waals surface area (Å²) in [4.78, 5) is 36.0. The Bertz CT molecular complexity index is 1340. The molecular weight excluding hydrogens is 444 g/mol. The molecule has 1 amide bonds. The number of imidazole rings is 1. The predicted molar refractivity (Wildman–Crippen MR) is 136 cm³/mol. The van der Waals surface area contributed by atoms with Crippen molar-refractivity contribution >= 4 is 39.7 Å². The molecule has 1 fully saturated rings. The molecule has 4 aromatic rings. The molecule has 6 nitrogen and oxygen atoms in total. The Morgan fingerprint density at radius 3 is 2.76 bits per heavy atom. The number of benzene rings is 1. The number of ketones is 1. The normalized spacial score (nSPS) is 18.2. The summed E-state index contributed by atoms with van der Waals surface area (Å²) in [7, 11) is 0. The fourth-order valence-electron chi connectivity index (χ4n) is 5.05. The molecule has 1 aliphatic rings. The van der Waals surface area contributed by atoms with Crippen LogP contribution in [-0.2, 0) is 4.79 Å². The molecular formula is C27H28N4O2S. The van der Waals surface area contributed by atoms with Gasteiger partial charge in [-0.3, -0.25) is 14.6 Å². The predicted octanol–water partition coefficient (Wildman–Crippen LogP) is 6.43. The molecule has 0 bridgehead atoms. The third-order valence-electron chi connectivity index (χ3n) is 6.51. The fourth-order valence-corrected chi connectivity index (χ4v) is 5.87. The molecule has 174 valence electrons. The van der Waals surface area contributed by atoms with Gasteiger partial charge in [-0.1, -0.05) is 12.5 Å². The Balaban J connectivity index is 1.48. The van der Waals surface area contributed by atoms with Crippen LogP contribution in [0.2, 0.25) is 0 Å². The van der Waals surface area contributed by atoms with Crippen LogP contribution >= 0.6 is 11.3 Å². The van der Waals surface area contributed by atoms with Gasteiger partial charge in [-0.25, -0.2) is 4.98 Å². The van der Waals surface area contributed by atoms with Crippen LogP contribution in [-0.4, -0.2) is 26.2 Å². The molecule has 0 aliphatic heterocycles. The number of aryl methyl sites for hydroxylation is 1. The third kappa shape index (κ3) is 4.66. The Kier molecular flexibility index (Phi) is 6.28. The smallest absolute Gasteiger partial charge is 0.221 e. The average molecular weight is 473 g/mol. The minimum absolute atomic E-state index is 0.107. The number of rotatable bonds is 6. The first-order chi connectivity index (χ1) is 16.5. The maximum atomic E-state index is 12.9. The molecule has 7 heteroatoms. The summed E-state index contributed by atoms with van der Waals surface area (Å²) < 4.78 is 2.31. The molecule has 0 spiro atoms. The molecule has 2 atom stereocenters. The van der Waals surface area contributed by atoms with Crippen LogP contribution in [0, 0.1) is 12.8 Å². The zero-order chi connectivity index (χ0) is 23.7. The lowest BCUT2D eigenvalue weighted by molar-refractivity contribution is -0.114. The van der Waals surface area contributed by atoms with Gasteiger partial charge in [0.05, 0.1) is 15.9 Å². The number of amides is 1. The second kappa shape index (κ2) is 9.50. The Morgan fingerprint density at radius 1 is 1.15 bits per heavy atom. The second-order valence-corrected chi connectivity index (χ2v) is 10.4. The van der Waals surface area contributed by atoms with Crippen molar-refractivity contribution in [2.75, 3.05) is 5.32 Å². The molecule has 0 unspecified atom stereocenters. The van der Waals surface area contributed by atoms with Crippen molar-refractivity contribution in [1.82, 2.24) is 14.5 Å². The first kappa shape index (κ1) is 22.5. The standard InChI is InChI=1S/C27H28N4O2S/c1-17-9-12-26(34-17)25(33)15-19-6-5-7-21(14-19)31-24-11-10-20(29-18(2)32)16-23(24)30-27(31)22-8-3-4-13-28-22/h3-4,8-13,16,19,21H,5-7,14-15H2,1-2H3,(H,29,32)/t19-,21+/m1/s1. The summed E-state index contributed by atoms with van der Waals surface area (Å²) in [5, 5.41) is 2.85. The number of thiophene rings is 1. The SMILES string of the molecule is CC(=O)Nc1ccc2c(c1)nc(-c1ccccn1)n2[C@H]1CCC[C@@H](CC(=O)c2ccc(C)s2)C1. The molecule has 1 aromatic carbocycles. The molecule has 3 aromatic heterocycles. The topological polar surface area (TPSA) is 76.9 Å². The number of pyridine rings is 1. The zero-order valence-corrected chi connectivity index (χ0v) is 20.3. The van der Waals surface area contributed by atoms with Gasteiger partial charge in [0.25, 0.3) is 0 Å². The number of carbonyl (C=O) groups is 2. The van der Waals surface area contributed by atoms with Gasteiger partial charge in [0.1, 0.15) is 5.69 Å². The van der Waals surface area contributed by atoms with Crippen LogP contribution in [0.3, 0.4) is 0 Å². The number of nitrogens with zero attached hydrogens (tertiary/aromatic N) is 3. The van der Waals surface area contributed by atoms with Gasteiger partial charge < -0.3 is 9.88 Å². The fraction of sp³-hybridized carbons (Fsp3) is 0.333. The molecule has 1 saturated carbocycles. The zero-order valence-electron chi connectivity index (χ0n) is 19.5. The maximum Gasteiger partial charge on any atom is 0.221 e. The number of aromatic nitrogens is 3. The van der Waals surface area contributed by atoms with Crippen LogP contribution in [0.5, 0.6) is 0 Å². The van der Waals surface area contributed by atoms with E-state index in [1.807, 2.05) is 55.5 Å². The quantitative estimate of drug-likeness (QED) is 0.328. The maximum absolute atomic E-state index is 12.9. The highest BCUT2D eigenvalue weighted by Gasteiger charge is 2.29. The van der Waals surface area contributed by atoms with E-state index >= 15 is 0 Å². The molecule has 1 aliphatic carbocycles. The van der Waals surface area contributed by atoms with Crippen LogP contribution in [0.25, 0.3) is 22.6 Å². The summed E-state index contributed by atoms with van der Waals surface area (Å²) in [6.07, 6.45) is 6.51. The van der Waals surface area contributed by atoms with Crippen LogP contribution in [0.4, 0.5) is 5.69 Å². The number of carbonyl (C=O) groups excluding carboxylic acids is 2. The van der Waals surface area contributed by atoms with Gasteiger partial charge in [0, 0.05) is 36.1 Å². The Hall–Kier alpha value is -3.32. The van der Waals surface area contributed by atoms with E-state index in [1.54, 1.807) is 17.5 Å². The van der Waals surface area contributed by atoms with Crippen molar-refractivity contribution in [2.45, 2.75) is 52.0 Å². The van der Waals surface area contributed by atoms with Gasteiger partial charge in [-0.2, -0.15) is 0 Å². The van der Waals surface area contributed by atoms with E-state index in [4.69, 9.17) is 4.98 Å². The third-order valence-corrected chi connectivity index (χ3v) is 7.56. The highest BCUT2D eigenvalue weighted by molar-refractivity contribution is 7.14. The molecule has 0 radical (unpaired) electrons. The lowest BCUT2D eigenvalue weighted by atomic mass is 9.82. The van der Waals surface area contributed by atoms with E-state index in [0.717, 1.165) is 58.8 Å². The number of hydrogen-bond acceptors (Lipinski definition) is 5. The van der Waals surface area contributed by atoms with E-state index in [0.29, 0.717) is 12.3 Å². The monoisotopic (exact) mass is 472 g/mol. The van der Waals surface area contributed by atoms with E-state index in [2.05, 4.69) is 14.9 Å². The van der Waals surface area contributed by atoms with Crippen molar-refractivity contribution in [1.29, 1.82) is 0 Å². The molecule has 5 rings (SSSR count). The number of nitrogens with one attached hydrogen (secondary N) is 1. The first-order valence-electron chi connectivity index (χ1n) is 11.8. The minimum Gasteiger partial charge on any atom is -0.326 e. The van der Waals surface area contributed by atoms with Gasteiger partial charge in [0.2, 0.25) is 5.91 Å². The second-order valence-electron chi connectivity index (χ2n) is 9.13. The summed E-state index contributed by atoms with van der Waals surface area (Å²) in [6.45, 7) is 3.54. The van der Waals surface area contributed by atoms with Gasteiger partial charge in [-0.15, -0.1) is 11.3 Å². The number of anilines is 1. The van der Waals surface area contributed by atoms with Crippen LogP contribution in [0.15, 0.2) is 54.7 Å². The van der Waals surface area contributed by atoms with E-state index in [-0.39, 0.29) is 17.7 Å². The lowest BCUT2D eigenvalue weighted by Crippen LogP contribution is -2.22. The first-order valence-corrected chi connectivity index (χ1v) is 12.6. The summed E-state index contributed by atoms with van der Waals surface area (Å²) >= 11 is 1.59. The van der Waals surface area contributed by atoms with E-state index in [9.17, 15) is 9.59 Å². The molecule has 3 heterocycles. The van der Waals surface area contributed by atoms with Crippen molar-refractivity contribution < 1.29 is 9.59 Å². The van der Waals surface area contributed by atoms with Crippen LogP contribution < -0.4 is 5.32 Å². The molecule has 34 heavy (non-hydrogen) atoms. The largest absolute Gasteiger partial charge is 0.326 e. The summed E-state index contributed by atoms with van der Waals surface area (Å²) in [6, 6.07) is 15.9. The van der Waals surface area contributed by atoms with Crippen molar-refractivity contribution in [3.63, 3.8) is 0 Å². The van der Waals surface area contributed by atoms with Crippen molar-refractivity contribution in [3.8, 4) is 11.5 Å². The van der Waals surface area contributed by atoms with Crippen LogP contribution in [0.1, 0.15) is 59.6 Å². The van der Waals surface area contributed by atoms with Crippen molar-refractivity contribution in [3.05, 3.63) is 64.5 Å². The Labute approximate surface area is 203 Å². The van der Waals surface area contributed by atoms with Gasteiger partial charge in [0.15, 0.2) is 11.6 Å². The number of fused-ring (bicyclic) bond motifs is 1. The van der Waals surface area contributed by atoms with Gasteiger partial charge in [-0.05, 0) is 74.6 Å². The summed E-state index contributed by atoms with van der Waals surface area (Å²) in [5.41, 5.74) is 3.42. The van der Waals surface area contributed by atoms with Crippen molar-refractivity contribution in [2.24, 2.45) is 5.92 Å². The van der Waals surface area contributed by atoms with E-state index < -0.39 is 0 Å². The van der Waals surface area contributed by atoms with E-state index in [1.165, 1.54) is 11.8 Å². The molecule has 1 N–H and O–H groups in total.